The van der Waals surface area contributed by atoms with Crippen LogP contribution in [0.1, 0.15) is 44.6 Å². The normalized spacial score (nSPS) is 14.3. The summed E-state index contributed by atoms with van der Waals surface area (Å²) in [4.78, 5) is 22.9. The standard InChI is InChI=1S/C16H14OS.C5H8O2/c1-10(2)11-7-5-9-14-15(11)16(17)12-6-3-4-8-13(12)18-14;6-5-3-1-2-4-7-5/h3-10H,1-2H3;1-4H2. The molecule has 0 unspecified atom stereocenters. The molecule has 0 bridgehead atoms. The summed E-state index contributed by atoms with van der Waals surface area (Å²) in [5.41, 5.74) is 1.32. The van der Waals surface area contributed by atoms with Gasteiger partial charge < -0.3 is 4.74 Å². The van der Waals surface area contributed by atoms with E-state index >= 15 is 0 Å². The summed E-state index contributed by atoms with van der Waals surface area (Å²) in [6.45, 7) is 4.90. The van der Waals surface area contributed by atoms with Crippen LogP contribution in [-0.4, -0.2) is 12.6 Å². The van der Waals surface area contributed by atoms with E-state index in [2.05, 4.69) is 24.7 Å². The fourth-order valence-electron chi connectivity index (χ4n) is 2.98. The van der Waals surface area contributed by atoms with Crippen molar-refractivity contribution < 1.29 is 9.53 Å². The van der Waals surface area contributed by atoms with E-state index in [0.717, 1.165) is 38.6 Å². The topological polar surface area (TPSA) is 43.4 Å². The number of esters is 1. The van der Waals surface area contributed by atoms with Crippen LogP contribution in [0.2, 0.25) is 0 Å². The van der Waals surface area contributed by atoms with E-state index in [4.69, 9.17) is 0 Å². The monoisotopic (exact) mass is 354 g/mol. The molecule has 4 heteroatoms. The third-order valence-electron chi connectivity index (χ3n) is 4.30. The maximum Gasteiger partial charge on any atom is 0.305 e. The number of cyclic esters (lactones) is 1. The molecule has 3 nitrogen and oxygen atoms in total. The highest BCUT2D eigenvalue weighted by Crippen LogP contribution is 2.29. The van der Waals surface area contributed by atoms with Gasteiger partial charge in [0.15, 0.2) is 5.43 Å². The first kappa shape index (κ1) is 17.6. The molecule has 1 fully saturated rings. The Morgan fingerprint density at radius 2 is 1.72 bits per heavy atom. The van der Waals surface area contributed by atoms with Crippen molar-refractivity contribution in [3.05, 3.63) is 58.3 Å². The minimum Gasteiger partial charge on any atom is -0.466 e. The van der Waals surface area contributed by atoms with Gasteiger partial charge in [0.25, 0.3) is 0 Å². The Kier molecular flexibility index (Phi) is 5.49. The maximum absolute atomic E-state index is 12.6. The maximum atomic E-state index is 12.6. The smallest absolute Gasteiger partial charge is 0.305 e. The molecule has 0 aliphatic carbocycles. The molecule has 25 heavy (non-hydrogen) atoms. The molecule has 1 aliphatic heterocycles. The van der Waals surface area contributed by atoms with Gasteiger partial charge in [-0.25, -0.2) is 0 Å². The summed E-state index contributed by atoms with van der Waals surface area (Å²) in [7, 11) is 0. The van der Waals surface area contributed by atoms with Crippen LogP contribution in [0.3, 0.4) is 0 Å². The van der Waals surface area contributed by atoms with Gasteiger partial charge in [0.2, 0.25) is 0 Å². The van der Waals surface area contributed by atoms with Crippen LogP contribution in [0.15, 0.2) is 47.3 Å². The molecule has 130 valence electrons. The van der Waals surface area contributed by atoms with Crippen molar-refractivity contribution in [2.24, 2.45) is 0 Å². The Hall–Kier alpha value is -2.20. The summed E-state index contributed by atoms with van der Waals surface area (Å²) in [6.07, 6.45) is 2.69. The van der Waals surface area contributed by atoms with Gasteiger partial charge in [-0.2, -0.15) is 0 Å². The van der Waals surface area contributed by atoms with E-state index in [1.165, 1.54) is 0 Å². The number of ether oxygens (including phenoxy) is 1. The fourth-order valence-corrected chi connectivity index (χ4v) is 4.10. The summed E-state index contributed by atoms with van der Waals surface area (Å²) < 4.78 is 6.79. The molecule has 3 aromatic rings. The summed E-state index contributed by atoms with van der Waals surface area (Å²) in [5, 5.41) is 1.74. The third kappa shape index (κ3) is 3.90. The first-order valence-corrected chi connectivity index (χ1v) is 9.49. The summed E-state index contributed by atoms with van der Waals surface area (Å²) >= 11 is 1.70. The predicted molar refractivity (Wildman–Crippen MR) is 105 cm³/mol. The van der Waals surface area contributed by atoms with Crippen LogP contribution in [0.25, 0.3) is 20.2 Å². The molecule has 1 aromatic heterocycles. The van der Waals surface area contributed by atoms with Crippen LogP contribution in [0.4, 0.5) is 0 Å². The Morgan fingerprint density at radius 1 is 0.960 bits per heavy atom. The van der Waals surface area contributed by atoms with Crippen molar-refractivity contribution >= 4 is 37.5 Å². The fraction of sp³-hybridized carbons (Fsp3) is 0.333. The first-order chi connectivity index (χ1) is 12.1. The van der Waals surface area contributed by atoms with Crippen LogP contribution in [0, 0.1) is 0 Å². The van der Waals surface area contributed by atoms with E-state index in [9.17, 15) is 9.59 Å². The van der Waals surface area contributed by atoms with Gasteiger partial charge in [0, 0.05) is 26.6 Å². The van der Waals surface area contributed by atoms with Crippen LogP contribution in [0.5, 0.6) is 0 Å². The SMILES string of the molecule is CC(C)c1cccc2sc3ccccc3c(=O)c12.O=C1CCCCO1. The van der Waals surface area contributed by atoms with Crippen molar-refractivity contribution in [2.75, 3.05) is 6.61 Å². The lowest BCUT2D eigenvalue weighted by Gasteiger charge is -2.09. The number of benzene rings is 2. The number of carbonyl (C=O) groups is 1. The molecule has 0 spiro atoms. The Morgan fingerprint density at radius 3 is 2.36 bits per heavy atom. The zero-order valence-electron chi connectivity index (χ0n) is 14.6. The lowest BCUT2D eigenvalue weighted by atomic mass is 9.98. The first-order valence-electron chi connectivity index (χ1n) is 8.68. The van der Waals surface area contributed by atoms with Crippen molar-refractivity contribution in [2.45, 2.75) is 39.0 Å². The highest BCUT2D eigenvalue weighted by Gasteiger charge is 2.11. The Bertz CT molecular complexity index is 948. The van der Waals surface area contributed by atoms with E-state index in [1.807, 2.05) is 36.4 Å². The molecule has 0 N–H and O–H groups in total. The van der Waals surface area contributed by atoms with Crippen molar-refractivity contribution in [1.29, 1.82) is 0 Å². The largest absolute Gasteiger partial charge is 0.466 e. The molecule has 1 aliphatic rings. The second-order valence-corrected chi connectivity index (χ2v) is 7.56. The van der Waals surface area contributed by atoms with Gasteiger partial charge in [0.1, 0.15) is 0 Å². The lowest BCUT2D eigenvalue weighted by Crippen LogP contribution is -2.10. The molecule has 0 atom stereocenters. The van der Waals surface area contributed by atoms with Gasteiger partial charge in [-0.15, -0.1) is 11.3 Å². The zero-order chi connectivity index (χ0) is 17.8. The molecule has 2 heterocycles. The molecular weight excluding hydrogens is 332 g/mol. The third-order valence-corrected chi connectivity index (χ3v) is 5.43. The second-order valence-electron chi connectivity index (χ2n) is 6.48. The van der Waals surface area contributed by atoms with Gasteiger partial charge in [0.05, 0.1) is 6.61 Å². The average molecular weight is 354 g/mol. The lowest BCUT2D eigenvalue weighted by molar-refractivity contribution is -0.146. The molecule has 0 radical (unpaired) electrons. The molecule has 0 amide bonds. The molecule has 1 saturated heterocycles. The summed E-state index contributed by atoms with van der Waals surface area (Å²) in [6, 6.07) is 14.0. The van der Waals surface area contributed by atoms with E-state index in [0.29, 0.717) is 18.9 Å². The minimum atomic E-state index is -0.0359. The average Bonchev–Trinajstić information content (AvgIpc) is 2.62. The number of rotatable bonds is 1. The van der Waals surface area contributed by atoms with Gasteiger partial charge in [-0.05, 0) is 42.5 Å². The molecule has 0 saturated carbocycles. The van der Waals surface area contributed by atoms with Crippen molar-refractivity contribution in [3.63, 3.8) is 0 Å². The molecule has 4 rings (SSSR count). The highest BCUT2D eigenvalue weighted by molar-refractivity contribution is 7.24. The van der Waals surface area contributed by atoms with Crippen molar-refractivity contribution in [3.8, 4) is 0 Å². The number of hydrogen-bond acceptors (Lipinski definition) is 4. The van der Waals surface area contributed by atoms with Crippen LogP contribution < -0.4 is 5.43 Å². The molecular formula is C21H22O3S. The van der Waals surface area contributed by atoms with Gasteiger partial charge >= 0.3 is 5.97 Å². The van der Waals surface area contributed by atoms with E-state index < -0.39 is 0 Å². The van der Waals surface area contributed by atoms with Crippen LogP contribution in [-0.2, 0) is 9.53 Å². The summed E-state index contributed by atoms with van der Waals surface area (Å²) in [5.74, 6) is 0.334. The predicted octanol–water partition coefficient (Wildman–Crippen LogP) is 5.25. The van der Waals surface area contributed by atoms with E-state index in [1.54, 1.807) is 11.3 Å². The Balaban J connectivity index is 0.000000219. The quantitative estimate of drug-likeness (QED) is 0.443. The molecule has 2 aromatic carbocycles. The van der Waals surface area contributed by atoms with Crippen molar-refractivity contribution in [1.82, 2.24) is 0 Å². The second kappa shape index (κ2) is 7.79. The van der Waals surface area contributed by atoms with Gasteiger partial charge in [-0.3, -0.25) is 9.59 Å². The zero-order valence-corrected chi connectivity index (χ0v) is 15.4. The minimum absolute atomic E-state index is 0.0359. The highest BCUT2D eigenvalue weighted by atomic mass is 32.1. The number of carbonyl (C=O) groups excluding carboxylic acids is 1. The van der Waals surface area contributed by atoms with E-state index in [-0.39, 0.29) is 11.4 Å². The number of fused-ring (bicyclic) bond motifs is 2. The van der Waals surface area contributed by atoms with Gasteiger partial charge in [-0.1, -0.05) is 38.1 Å². The number of hydrogen-bond donors (Lipinski definition) is 0. The van der Waals surface area contributed by atoms with Crippen LogP contribution >= 0.6 is 11.3 Å². The Labute approximate surface area is 151 Å².